The molecule has 4 aromatic rings. The SMILES string of the molecule is CCOc1ccc(NC(c2ccc(F)cc2)c2nnc(-c3ccccc3)o2)cc1. The van der Waals surface area contributed by atoms with Crippen molar-refractivity contribution in [2.45, 2.75) is 13.0 Å². The van der Waals surface area contributed by atoms with E-state index in [1.165, 1.54) is 12.1 Å². The Labute approximate surface area is 168 Å². The third-order valence-electron chi connectivity index (χ3n) is 4.39. The van der Waals surface area contributed by atoms with E-state index in [0.29, 0.717) is 18.4 Å². The summed E-state index contributed by atoms with van der Waals surface area (Å²) < 4.78 is 24.9. The second kappa shape index (κ2) is 8.56. The van der Waals surface area contributed by atoms with Gasteiger partial charge >= 0.3 is 0 Å². The van der Waals surface area contributed by atoms with Gasteiger partial charge in [0.15, 0.2) is 0 Å². The van der Waals surface area contributed by atoms with Gasteiger partial charge in [0.25, 0.3) is 0 Å². The average Bonchev–Trinajstić information content (AvgIpc) is 3.25. The van der Waals surface area contributed by atoms with Crippen LogP contribution in [0.5, 0.6) is 5.75 Å². The summed E-state index contributed by atoms with van der Waals surface area (Å²) in [7, 11) is 0. The summed E-state index contributed by atoms with van der Waals surface area (Å²) in [5, 5.41) is 11.8. The molecule has 146 valence electrons. The summed E-state index contributed by atoms with van der Waals surface area (Å²) in [5.41, 5.74) is 2.50. The van der Waals surface area contributed by atoms with E-state index in [1.807, 2.05) is 61.5 Å². The standard InChI is InChI=1S/C23H20FN3O2/c1-2-28-20-14-12-19(13-15-20)25-21(16-8-10-18(24)11-9-16)23-27-26-22(29-23)17-6-4-3-5-7-17/h3-15,21,25H,2H2,1H3. The van der Waals surface area contributed by atoms with Crippen molar-refractivity contribution in [2.24, 2.45) is 0 Å². The highest BCUT2D eigenvalue weighted by Gasteiger charge is 2.21. The van der Waals surface area contributed by atoms with E-state index < -0.39 is 6.04 Å². The normalized spacial score (nSPS) is 11.8. The molecule has 0 aliphatic heterocycles. The molecule has 1 aromatic heterocycles. The van der Waals surface area contributed by atoms with Gasteiger partial charge in [0, 0.05) is 11.3 Å². The van der Waals surface area contributed by atoms with Gasteiger partial charge in [-0.25, -0.2) is 4.39 Å². The maximum atomic E-state index is 13.4. The highest BCUT2D eigenvalue weighted by atomic mass is 19.1. The second-order valence-corrected chi connectivity index (χ2v) is 6.40. The first-order chi connectivity index (χ1) is 14.2. The lowest BCUT2D eigenvalue weighted by molar-refractivity contribution is 0.340. The molecule has 0 amide bonds. The lowest BCUT2D eigenvalue weighted by Gasteiger charge is -2.17. The van der Waals surface area contributed by atoms with Crippen LogP contribution in [0.4, 0.5) is 10.1 Å². The maximum absolute atomic E-state index is 13.4. The van der Waals surface area contributed by atoms with Gasteiger partial charge in [0.1, 0.15) is 17.6 Å². The van der Waals surface area contributed by atoms with Crippen LogP contribution >= 0.6 is 0 Å². The lowest BCUT2D eigenvalue weighted by Crippen LogP contribution is -2.13. The van der Waals surface area contributed by atoms with E-state index in [-0.39, 0.29) is 5.82 Å². The number of hydrogen-bond acceptors (Lipinski definition) is 5. The number of nitrogens with one attached hydrogen (secondary N) is 1. The zero-order chi connectivity index (χ0) is 20.1. The number of ether oxygens (including phenoxy) is 1. The summed E-state index contributed by atoms with van der Waals surface area (Å²) >= 11 is 0. The molecule has 0 spiro atoms. The molecule has 0 saturated carbocycles. The Morgan fingerprint density at radius 1 is 0.931 bits per heavy atom. The molecule has 3 aromatic carbocycles. The van der Waals surface area contributed by atoms with Crippen molar-refractivity contribution < 1.29 is 13.5 Å². The topological polar surface area (TPSA) is 60.2 Å². The fraction of sp³-hybridized carbons (Fsp3) is 0.130. The van der Waals surface area contributed by atoms with E-state index in [0.717, 1.165) is 22.6 Å². The Morgan fingerprint density at radius 3 is 2.34 bits per heavy atom. The number of anilines is 1. The van der Waals surface area contributed by atoms with Crippen molar-refractivity contribution in [1.82, 2.24) is 10.2 Å². The van der Waals surface area contributed by atoms with Crippen LogP contribution in [-0.4, -0.2) is 16.8 Å². The Balaban J connectivity index is 1.65. The van der Waals surface area contributed by atoms with Crippen LogP contribution in [-0.2, 0) is 0 Å². The summed E-state index contributed by atoms with van der Waals surface area (Å²) in [6, 6.07) is 23.0. The summed E-state index contributed by atoms with van der Waals surface area (Å²) in [5.74, 6) is 1.31. The quantitative estimate of drug-likeness (QED) is 0.454. The fourth-order valence-electron chi connectivity index (χ4n) is 2.97. The maximum Gasteiger partial charge on any atom is 0.247 e. The van der Waals surface area contributed by atoms with Crippen molar-refractivity contribution in [3.05, 3.63) is 96.1 Å². The van der Waals surface area contributed by atoms with E-state index in [2.05, 4.69) is 15.5 Å². The second-order valence-electron chi connectivity index (χ2n) is 6.40. The minimum atomic E-state index is -0.432. The molecule has 0 aliphatic carbocycles. The predicted octanol–water partition coefficient (Wildman–Crippen LogP) is 5.48. The molecule has 1 heterocycles. The summed E-state index contributed by atoms with van der Waals surface area (Å²) in [6.07, 6.45) is 0. The van der Waals surface area contributed by atoms with Crippen molar-refractivity contribution in [2.75, 3.05) is 11.9 Å². The van der Waals surface area contributed by atoms with Crippen molar-refractivity contribution in [3.8, 4) is 17.2 Å². The molecule has 0 bridgehead atoms. The van der Waals surface area contributed by atoms with Gasteiger partial charge in [-0.2, -0.15) is 0 Å². The largest absolute Gasteiger partial charge is 0.494 e. The van der Waals surface area contributed by atoms with E-state index in [9.17, 15) is 4.39 Å². The predicted molar refractivity (Wildman–Crippen MR) is 109 cm³/mol. The van der Waals surface area contributed by atoms with Gasteiger partial charge in [0.05, 0.1) is 6.61 Å². The number of hydrogen-bond donors (Lipinski definition) is 1. The van der Waals surface area contributed by atoms with E-state index >= 15 is 0 Å². The number of halogens is 1. The first-order valence-corrected chi connectivity index (χ1v) is 9.36. The smallest absolute Gasteiger partial charge is 0.247 e. The van der Waals surface area contributed by atoms with Gasteiger partial charge in [-0.15, -0.1) is 10.2 Å². The number of aromatic nitrogens is 2. The van der Waals surface area contributed by atoms with Crippen LogP contribution in [0, 0.1) is 5.82 Å². The Kier molecular flexibility index (Phi) is 5.52. The van der Waals surface area contributed by atoms with Gasteiger partial charge < -0.3 is 14.5 Å². The zero-order valence-electron chi connectivity index (χ0n) is 15.9. The van der Waals surface area contributed by atoms with Crippen LogP contribution in [0.1, 0.15) is 24.4 Å². The minimum Gasteiger partial charge on any atom is -0.494 e. The minimum absolute atomic E-state index is 0.302. The molecule has 1 atom stereocenters. The third-order valence-corrected chi connectivity index (χ3v) is 4.39. The van der Waals surface area contributed by atoms with E-state index in [1.54, 1.807) is 12.1 Å². The Bertz CT molecular complexity index is 1050. The summed E-state index contributed by atoms with van der Waals surface area (Å²) in [6.45, 7) is 2.55. The Hall–Kier alpha value is -3.67. The van der Waals surface area contributed by atoms with E-state index in [4.69, 9.17) is 9.15 Å². The lowest BCUT2D eigenvalue weighted by atomic mass is 10.1. The third kappa shape index (κ3) is 4.43. The molecule has 0 fully saturated rings. The number of rotatable bonds is 7. The Morgan fingerprint density at radius 2 is 1.66 bits per heavy atom. The summed E-state index contributed by atoms with van der Waals surface area (Å²) in [4.78, 5) is 0. The zero-order valence-corrected chi connectivity index (χ0v) is 15.9. The first-order valence-electron chi connectivity index (χ1n) is 9.36. The van der Waals surface area contributed by atoms with Crippen LogP contribution < -0.4 is 10.1 Å². The van der Waals surface area contributed by atoms with Crippen molar-refractivity contribution >= 4 is 5.69 Å². The average molecular weight is 389 g/mol. The number of nitrogens with zero attached hydrogens (tertiary/aromatic N) is 2. The fourth-order valence-corrected chi connectivity index (χ4v) is 2.97. The van der Waals surface area contributed by atoms with Gasteiger partial charge in [-0.05, 0) is 61.0 Å². The molecule has 4 rings (SSSR count). The van der Waals surface area contributed by atoms with Crippen molar-refractivity contribution in [3.63, 3.8) is 0 Å². The molecule has 29 heavy (non-hydrogen) atoms. The van der Waals surface area contributed by atoms with Gasteiger partial charge in [0.2, 0.25) is 11.8 Å². The molecule has 1 unspecified atom stereocenters. The van der Waals surface area contributed by atoms with Gasteiger partial charge in [-0.3, -0.25) is 0 Å². The molecule has 0 saturated heterocycles. The first kappa shape index (κ1) is 18.7. The van der Waals surface area contributed by atoms with Crippen LogP contribution in [0.25, 0.3) is 11.5 Å². The van der Waals surface area contributed by atoms with Crippen LogP contribution in [0.3, 0.4) is 0 Å². The molecule has 5 nitrogen and oxygen atoms in total. The molecule has 6 heteroatoms. The van der Waals surface area contributed by atoms with Crippen molar-refractivity contribution in [1.29, 1.82) is 0 Å². The highest BCUT2D eigenvalue weighted by molar-refractivity contribution is 5.53. The monoisotopic (exact) mass is 389 g/mol. The number of benzene rings is 3. The molecule has 0 aliphatic rings. The molecular weight excluding hydrogens is 369 g/mol. The van der Waals surface area contributed by atoms with Crippen LogP contribution in [0.15, 0.2) is 83.3 Å². The van der Waals surface area contributed by atoms with Gasteiger partial charge in [-0.1, -0.05) is 30.3 Å². The molecule has 0 radical (unpaired) electrons. The van der Waals surface area contributed by atoms with Crippen LogP contribution in [0.2, 0.25) is 0 Å². The molecule has 1 N–H and O–H groups in total. The highest BCUT2D eigenvalue weighted by Crippen LogP contribution is 2.29. The molecular formula is C23H20FN3O2.